The molecule has 0 saturated heterocycles. The van der Waals surface area contributed by atoms with E-state index in [-0.39, 0.29) is 0 Å². The van der Waals surface area contributed by atoms with Crippen molar-refractivity contribution in [1.29, 1.82) is 0 Å². The van der Waals surface area contributed by atoms with Gasteiger partial charge in [0, 0.05) is 17.6 Å². The maximum absolute atomic E-state index is 11.7. The molecular weight excluding hydrogens is 294 g/mol. The molecule has 16 heavy (non-hydrogen) atoms. The molecule has 4 nitrogen and oxygen atoms in total. The van der Waals surface area contributed by atoms with Gasteiger partial charge >= 0.3 is 10.3 Å². The number of halogens is 1. The molecule has 1 aromatic rings. The molecule has 0 aliphatic rings. The van der Waals surface area contributed by atoms with E-state index in [1.807, 2.05) is 0 Å². The highest BCUT2D eigenvalue weighted by molar-refractivity contribution is 9.10. The van der Waals surface area contributed by atoms with Gasteiger partial charge in [-0.1, -0.05) is 29.8 Å². The third kappa shape index (κ3) is 3.47. The fraction of sp³-hybridized carbons (Fsp3) is 0.400. The molecule has 1 rings (SSSR count). The molecular formula is C10H14BrNO3S. The van der Waals surface area contributed by atoms with Gasteiger partial charge < -0.3 is 4.18 Å². The van der Waals surface area contributed by atoms with E-state index >= 15 is 0 Å². The van der Waals surface area contributed by atoms with Crippen molar-refractivity contribution >= 4 is 26.2 Å². The summed E-state index contributed by atoms with van der Waals surface area (Å²) >= 11 is 3.27. The lowest BCUT2D eigenvalue weighted by atomic mass is 10.3. The quantitative estimate of drug-likeness (QED) is 0.839. The summed E-state index contributed by atoms with van der Waals surface area (Å²) in [5.74, 6) is 0.315. The fourth-order valence-electron chi connectivity index (χ4n) is 1.20. The van der Waals surface area contributed by atoms with Gasteiger partial charge in [-0.15, -0.1) is 0 Å². The van der Waals surface area contributed by atoms with E-state index < -0.39 is 10.3 Å². The van der Waals surface area contributed by atoms with Crippen LogP contribution in [-0.4, -0.2) is 25.8 Å². The van der Waals surface area contributed by atoms with Crippen LogP contribution >= 0.6 is 15.9 Å². The van der Waals surface area contributed by atoms with E-state index in [4.69, 9.17) is 4.18 Å². The summed E-state index contributed by atoms with van der Waals surface area (Å²) in [6, 6.07) is 6.66. The van der Waals surface area contributed by atoms with Gasteiger partial charge in [0.2, 0.25) is 0 Å². The average Bonchev–Trinajstić information content (AvgIpc) is 2.22. The predicted octanol–water partition coefficient (Wildman–Crippen LogP) is 2.41. The molecule has 0 spiro atoms. The van der Waals surface area contributed by atoms with Crippen molar-refractivity contribution in [3.8, 4) is 5.75 Å². The van der Waals surface area contributed by atoms with Crippen molar-refractivity contribution in [3.05, 3.63) is 28.7 Å². The normalized spacial score (nSPS) is 11.8. The molecule has 0 aliphatic carbocycles. The molecule has 0 amide bonds. The Morgan fingerprint density at radius 2 is 1.69 bits per heavy atom. The lowest BCUT2D eigenvalue weighted by molar-refractivity contribution is 0.376. The highest BCUT2D eigenvalue weighted by Gasteiger charge is 2.20. The van der Waals surface area contributed by atoms with Crippen LogP contribution in [0.2, 0.25) is 0 Å². The molecule has 1 aromatic carbocycles. The Morgan fingerprint density at radius 1 is 1.19 bits per heavy atom. The van der Waals surface area contributed by atoms with Gasteiger partial charge in [-0.2, -0.15) is 12.7 Å². The van der Waals surface area contributed by atoms with Crippen LogP contribution < -0.4 is 4.18 Å². The highest BCUT2D eigenvalue weighted by Crippen LogP contribution is 2.18. The van der Waals surface area contributed by atoms with E-state index in [9.17, 15) is 8.42 Å². The summed E-state index contributed by atoms with van der Waals surface area (Å²) in [4.78, 5) is 0. The first-order chi connectivity index (χ1) is 7.49. The Bertz CT molecular complexity index is 426. The zero-order valence-electron chi connectivity index (χ0n) is 9.18. The van der Waals surface area contributed by atoms with E-state index in [2.05, 4.69) is 15.9 Å². The van der Waals surface area contributed by atoms with Crippen molar-refractivity contribution in [2.24, 2.45) is 0 Å². The molecule has 0 bridgehead atoms. The van der Waals surface area contributed by atoms with Gasteiger partial charge in [0.15, 0.2) is 0 Å². The molecule has 0 aromatic heterocycles. The van der Waals surface area contributed by atoms with E-state index in [1.165, 1.54) is 4.31 Å². The summed E-state index contributed by atoms with van der Waals surface area (Å²) in [6.45, 7) is 4.34. The zero-order chi connectivity index (χ0) is 12.2. The second-order valence-corrected chi connectivity index (χ2v) is 5.53. The number of rotatable bonds is 5. The third-order valence-electron chi connectivity index (χ3n) is 2.04. The van der Waals surface area contributed by atoms with Crippen LogP contribution in [0, 0.1) is 0 Å². The Hall–Kier alpha value is -0.590. The molecule has 90 valence electrons. The number of hydrogen-bond acceptors (Lipinski definition) is 3. The molecule has 0 fully saturated rings. The molecule has 0 atom stereocenters. The third-order valence-corrected chi connectivity index (χ3v) is 4.12. The highest BCUT2D eigenvalue weighted by atomic mass is 79.9. The van der Waals surface area contributed by atoms with Crippen LogP contribution in [0.3, 0.4) is 0 Å². The van der Waals surface area contributed by atoms with Crippen LogP contribution in [0.5, 0.6) is 5.75 Å². The SMILES string of the molecule is CCN(CC)S(=O)(=O)Oc1ccc(Br)cc1. The fourth-order valence-corrected chi connectivity index (χ4v) is 2.56. The van der Waals surface area contributed by atoms with Crippen LogP contribution in [0.4, 0.5) is 0 Å². The molecule has 0 heterocycles. The maximum atomic E-state index is 11.7. The van der Waals surface area contributed by atoms with Crippen molar-refractivity contribution in [1.82, 2.24) is 4.31 Å². The molecule has 0 saturated carbocycles. The van der Waals surface area contributed by atoms with Crippen LogP contribution in [0.25, 0.3) is 0 Å². The van der Waals surface area contributed by atoms with Crippen molar-refractivity contribution in [2.75, 3.05) is 13.1 Å². The van der Waals surface area contributed by atoms with E-state index in [0.29, 0.717) is 18.8 Å². The first-order valence-electron chi connectivity index (χ1n) is 4.94. The van der Waals surface area contributed by atoms with Crippen molar-refractivity contribution in [2.45, 2.75) is 13.8 Å². The van der Waals surface area contributed by atoms with E-state index in [0.717, 1.165) is 4.47 Å². The minimum Gasteiger partial charge on any atom is -0.371 e. The van der Waals surface area contributed by atoms with Gasteiger partial charge in [0.1, 0.15) is 5.75 Å². The number of benzene rings is 1. The van der Waals surface area contributed by atoms with E-state index in [1.54, 1.807) is 38.1 Å². The van der Waals surface area contributed by atoms with Gasteiger partial charge in [-0.05, 0) is 24.3 Å². The van der Waals surface area contributed by atoms with Gasteiger partial charge in [-0.3, -0.25) is 0 Å². The van der Waals surface area contributed by atoms with Gasteiger partial charge in [0.25, 0.3) is 0 Å². The number of nitrogens with zero attached hydrogens (tertiary/aromatic N) is 1. The standard InChI is InChI=1S/C10H14BrNO3S/c1-3-12(4-2)16(13,14)15-10-7-5-9(11)6-8-10/h5-8H,3-4H2,1-2H3. The second-order valence-electron chi connectivity index (χ2n) is 3.08. The lowest BCUT2D eigenvalue weighted by Crippen LogP contribution is -2.34. The Morgan fingerprint density at radius 3 is 2.12 bits per heavy atom. The first-order valence-corrected chi connectivity index (χ1v) is 7.10. The van der Waals surface area contributed by atoms with Crippen LogP contribution in [0.15, 0.2) is 28.7 Å². The Kier molecular flexibility index (Phi) is 4.76. The van der Waals surface area contributed by atoms with Crippen molar-refractivity contribution < 1.29 is 12.6 Å². The summed E-state index contributed by atoms with van der Waals surface area (Å²) in [6.07, 6.45) is 0. The van der Waals surface area contributed by atoms with Crippen LogP contribution in [-0.2, 0) is 10.3 Å². The topological polar surface area (TPSA) is 46.6 Å². The molecule has 6 heteroatoms. The predicted molar refractivity (Wildman–Crippen MR) is 66.6 cm³/mol. The summed E-state index contributed by atoms with van der Waals surface area (Å²) in [5, 5.41) is 0. The van der Waals surface area contributed by atoms with Gasteiger partial charge in [0.05, 0.1) is 0 Å². The largest absolute Gasteiger partial charge is 0.385 e. The lowest BCUT2D eigenvalue weighted by Gasteiger charge is -2.17. The smallest absolute Gasteiger partial charge is 0.371 e. The average molecular weight is 308 g/mol. The molecule has 0 aliphatic heterocycles. The first kappa shape index (κ1) is 13.5. The summed E-state index contributed by atoms with van der Waals surface area (Å²) in [5.41, 5.74) is 0. The Balaban J connectivity index is 2.84. The monoisotopic (exact) mass is 307 g/mol. The molecule has 0 radical (unpaired) electrons. The maximum Gasteiger partial charge on any atom is 0.385 e. The van der Waals surface area contributed by atoms with Crippen molar-refractivity contribution in [3.63, 3.8) is 0 Å². The Labute approximate surface area is 105 Å². The molecule has 0 N–H and O–H groups in total. The zero-order valence-corrected chi connectivity index (χ0v) is 11.6. The van der Waals surface area contributed by atoms with Gasteiger partial charge in [-0.25, -0.2) is 0 Å². The molecule has 0 unspecified atom stereocenters. The summed E-state index contributed by atoms with van der Waals surface area (Å²) < 4.78 is 30.6. The minimum atomic E-state index is -3.67. The van der Waals surface area contributed by atoms with Crippen LogP contribution in [0.1, 0.15) is 13.8 Å². The summed E-state index contributed by atoms with van der Waals surface area (Å²) in [7, 11) is -3.67. The number of hydrogen-bond donors (Lipinski definition) is 0. The minimum absolute atomic E-state index is 0.315. The second kappa shape index (κ2) is 5.65.